The molecule has 22 heavy (non-hydrogen) atoms. The summed E-state index contributed by atoms with van der Waals surface area (Å²) in [7, 11) is 1.65. The molecule has 3 heteroatoms. The van der Waals surface area contributed by atoms with Crippen LogP contribution < -0.4 is 0 Å². The monoisotopic (exact) mass is 296 g/mol. The maximum absolute atomic E-state index is 5.87. The minimum absolute atomic E-state index is 0.443. The predicted molar refractivity (Wildman–Crippen MR) is 85.8 cm³/mol. The quantitative estimate of drug-likeness (QED) is 0.787. The Morgan fingerprint density at radius 1 is 0.909 bits per heavy atom. The van der Waals surface area contributed by atoms with Crippen molar-refractivity contribution in [2.24, 2.45) is 0 Å². The summed E-state index contributed by atoms with van der Waals surface area (Å²) in [6, 6.07) is 20.2. The zero-order valence-electron chi connectivity index (χ0n) is 13.1. The van der Waals surface area contributed by atoms with Crippen LogP contribution in [0.15, 0.2) is 66.9 Å². The SMILES string of the molecule is COC1(C(C)(C)c2ccccc2)OOC=C1c1ccccc1. The number of rotatable bonds is 4. The van der Waals surface area contributed by atoms with E-state index in [2.05, 4.69) is 26.0 Å². The molecule has 2 aromatic carbocycles. The Hall–Kier alpha value is -2.10. The Morgan fingerprint density at radius 3 is 2.09 bits per heavy atom. The lowest BCUT2D eigenvalue weighted by Crippen LogP contribution is -2.50. The molecule has 2 aromatic rings. The first-order valence-electron chi connectivity index (χ1n) is 7.33. The van der Waals surface area contributed by atoms with Crippen LogP contribution in [0.3, 0.4) is 0 Å². The van der Waals surface area contributed by atoms with E-state index >= 15 is 0 Å². The van der Waals surface area contributed by atoms with E-state index in [0.29, 0.717) is 0 Å². The summed E-state index contributed by atoms with van der Waals surface area (Å²) in [6.07, 6.45) is 1.63. The second kappa shape index (κ2) is 5.59. The summed E-state index contributed by atoms with van der Waals surface area (Å²) in [5.41, 5.74) is 2.57. The first-order valence-corrected chi connectivity index (χ1v) is 7.33. The minimum atomic E-state index is -1.00. The molecule has 1 aliphatic rings. The van der Waals surface area contributed by atoms with Gasteiger partial charge in [-0.3, -0.25) is 0 Å². The molecule has 114 valence electrons. The van der Waals surface area contributed by atoms with Crippen LogP contribution in [-0.2, 0) is 19.9 Å². The van der Waals surface area contributed by atoms with Crippen molar-refractivity contribution in [3.05, 3.63) is 78.1 Å². The van der Waals surface area contributed by atoms with Gasteiger partial charge in [-0.15, -0.1) is 4.89 Å². The van der Waals surface area contributed by atoms with Gasteiger partial charge < -0.3 is 9.62 Å². The lowest BCUT2D eigenvalue weighted by atomic mass is 9.72. The highest BCUT2D eigenvalue weighted by Crippen LogP contribution is 2.49. The fourth-order valence-electron chi connectivity index (χ4n) is 3.02. The summed E-state index contributed by atoms with van der Waals surface area (Å²) in [5, 5.41) is 0. The van der Waals surface area contributed by atoms with Gasteiger partial charge in [-0.25, -0.2) is 0 Å². The molecule has 0 aromatic heterocycles. The topological polar surface area (TPSA) is 27.7 Å². The second-order valence-corrected chi connectivity index (χ2v) is 5.89. The van der Waals surface area contributed by atoms with E-state index in [4.69, 9.17) is 14.5 Å². The maximum atomic E-state index is 5.87. The zero-order valence-corrected chi connectivity index (χ0v) is 13.1. The van der Waals surface area contributed by atoms with Gasteiger partial charge in [0.15, 0.2) is 0 Å². The molecular formula is C19H20O3. The molecule has 1 heterocycles. The Balaban J connectivity index is 2.11. The number of benzene rings is 2. The molecule has 0 amide bonds. The highest BCUT2D eigenvalue weighted by molar-refractivity contribution is 5.73. The average Bonchev–Trinajstić information content (AvgIpc) is 3.02. The summed E-state index contributed by atoms with van der Waals surface area (Å²) in [6.45, 7) is 4.19. The van der Waals surface area contributed by atoms with Gasteiger partial charge in [-0.2, -0.15) is 0 Å². The van der Waals surface area contributed by atoms with Crippen molar-refractivity contribution in [1.29, 1.82) is 0 Å². The fraction of sp³-hybridized carbons (Fsp3) is 0.263. The van der Waals surface area contributed by atoms with Gasteiger partial charge in [0.05, 0.1) is 11.0 Å². The smallest absolute Gasteiger partial charge is 0.252 e. The van der Waals surface area contributed by atoms with E-state index in [1.54, 1.807) is 13.4 Å². The average molecular weight is 296 g/mol. The number of hydrogen-bond donors (Lipinski definition) is 0. The van der Waals surface area contributed by atoms with Crippen molar-refractivity contribution in [2.75, 3.05) is 7.11 Å². The molecule has 0 fully saturated rings. The molecule has 0 saturated carbocycles. The zero-order chi connectivity index (χ0) is 15.6. The van der Waals surface area contributed by atoms with Crippen LogP contribution >= 0.6 is 0 Å². The van der Waals surface area contributed by atoms with Crippen LogP contribution in [0, 0.1) is 0 Å². The molecule has 0 saturated heterocycles. The molecule has 0 N–H and O–H groups in total. The molecule has 0 bridgehead atoms. The lowest BCUT2D eigenvalue weighted by Gasteiger charge is -2.41. The van der Waals surface area contributed by atoms with Crippen LogP contribution in [0.2, 0.25) is 0 Å². The van der Waals surface area contributed by atoms with Crippen LogP contribution in [0.4, 0.5) is 0 Å². The molecule has 0 aliphatic carbocycles. The van der Waals surface area contributed by atoms with Crippen molar-refractivity contribution in [1.82, 2.24) is 0 Å². The van der Waals surface area contributed by atoms with Crippen LogP contribution in [-0.4, -0.2) is 12.9 Å². The third kappa shape index (κ3) is 2.14. The third-order valence-corrected chi connectivity index (χ3v) is 4.38. The highest BCUT2D eigenvalue weighted by Gasteiger charge is 2.55. The van der Waals surface area contributed by atoms with Crippen LogP contribution in [0.5, 0.6) is 0 Å². The predicted octanol–water partition coefficient (Wildman–Crippen LogP) is 4.31. The maximum Gasteiger partial charge on any atom is 0.252 e. The molecular weight excluding hydrogens is 276 g/mol. The van der Waals surface area contributed by atoms with Crippen LogP contribution in [0.25, 0.3) is 5.57 Å². The second-order valence-electron chi connectivity index (χ2n) is 5.89. The van der Waals surface area contributed by atoms with Crippen molar-refractivity contribution >= 4 is 5.57 Å². The molecule has 3 rings (SSSR count). The largest absolute Gasteiger partial charge is 0.346 e. The molecule has 1 atom stereocenters. The van der Waals surface area contributed by atoms with E-state index in [9.17, 15) is 0 Å². The van der Waals surface area contributed by atoms with Crippen molar-refractivity contribution in [2.45, 2.75) is 25.0 Å². The minimum Gasteiger partial charge on any atom is -0.346 e. The molecule has 0 spiro atoms. The molecule has 1 unspecified atom stereocenters. The van der Waals surface area contributed by atoms with E-state index in [0.717, 1.165) is 16.7 Å². The number of ether oxygens (including phenoxy) is 1. The first-order chi connectivity index (χ1) is 10.6. The third-order valence-electron chi connectivity index (χ3n) is 4.38. The summed E-state index contributed by atoms with van der Waals surface area (Å²) < 4.78 is 5.87. The van der Waals surface area contributed by atoms with E-state index in [1.807, 2.05) is 48.5 Å². The Kier molecular flexibility index (Phi) is 3.77. The molecule has 0 radical (unpaired) electrons. The van der Waals surface area contributed by atoms with Crippen molar-refractivity contribution < 1.29 is 14.5 Å². The van der Waals surface area contributed by atoms with E-state index < -0.39 is 11.2 Å². The number of methoxy groups -OCH3 is 1. The Morgan fingerprint density at radius 2 is 1.50 bits per heavy atom. The number of hydrogen-bond acceptors (Lipinski definition) is 3. The van der Waals surface area contributed by atoms with Gasteiger partial charge in [-0.05, 0) is 11.1 Å². The fourth-order valence-corrected chi connectivity index (χ4v) is 3.02. The van der Waals surface area contributed by atoms with Gasteiger partial charge >= 0.3 is 0 Å². The van der Waals surface area contributed by atoms with Crippen molar-refractivity contribution in [3.8, 4) is 0 Å². The van der Waals surface area contributed by atoms with Gasteiger partial charge in [0.25, 0.3) is 5.79 Å². The van der Waals surface area contributed by atoms with Gasteiger partial charge in [0.2, 0.25) is 0 Å². The van der Waals surface area contributed by atoms with Gasteiger partial charge in [0, 0.05) is 7.11 Å². The Labute approximate surface area is 131 Å². The van der Waals surface area contributed by atoms with E-state index in [-0.39, 0.29) is 0 Å². The normalized spacial score (nSPS) is 21.3. The first kappa shape index (κ1) is 14.8. The van der Waals surface area contributed by atoms with Gasteiger partial charge in [-0.1, -0.05) is 74.5 Å². The molecule has 3 nitrogen and oxygen atoms in total. The van der Waals surface area contributed by atoms with Crippen molar-refractivity contribution in [3.63, 3.8) is 0 Å². The standard InChI is InChI=1S/C19H20O3/c1-18(2,16-12-8-5-9-13-16)19(20-3)17(14-21-22-19)15-10-6-4-7-11-15/h4-14H,1-3H3. The molecule has 1 aliphatic heterocycles. The van der Waals surface area contributed by atoms with Gasteiger partial charge in [0.1, 0.15) is 6.26 Å². The summed E-state index contributed by atoms with van der Waals surface area (Å²) in [5.74, 6) is -1.00. The van der Waals surface area contributed by atoms with E-state index in [1.165, 1.54) is 0 Å². The lowest BCUT2D eigenvalue weighted by molar-refractivity contribution is -0.375. The summed E-state index contributed by atoms with van der Waals surface area (Å²) in [4.78, 5) is 10.9. The highest BCUT2D eigenvalue weighted by atomic mass is 17.2. The Bertz CT molecular complexity index is 662. The summed E-state index contributed by atoms with van der Waals surface area (Å²) >= 11 is 0. The van der Waals surface area contributed by atoms with Crippen LogP contribution in [0.1, 0.15) is 25.0 Å².